The molecule has 1 heterocycles. The summed E-state index contributed by atoms with van der Waals surface area (Å²) in [6, 6.07) is 1.59. The predicted octanol–water partition coefficient (Wildman–Crippen LogP) is 2.51. The molecule has 6 heteroatoms. The molecule has 1 aromatic rings. The van der Waals surface area contributed by atoms with E-state index in [4.69, 9.17) is 0 Å². The SMILES string of the molecule is CCSc1nc(C(C)C)cc(S(=O)(=O)CC)n1. The lowest BCUT2D eigenvalue weighted by Crippen LogP contribution is -2.09. The molecule has 0 saturated heterocycles. The zero-order chi connectivity index (χ0) is 13.1. The maximum Gasteiger partial charge on any atom is 0.195 e. The lowest BCUT2D eigenvalue weighted by molar-refractivity contribution is 0.589. The van der Waals surface area contributed by atoms with Crippen LogP contribution in [-0.4, -0.2) is 29.9 Å². The number of thioether (sulfide) groups is 1. The van der Waals surface area contributed by atoms with E-state index in [0.717, 1.165) is 11.4 Å². The van der Waals surface area contributed by atoms with Crippen molar-refractivity contribution in [2.45, 2.75) is 43.8 Å². The number of rotatable bonds is 5. The van der Waals surface area contributed by atoms with Gasteiger partial charge in [-0.2, -0.15) is 0 Å². The van der Waals surface area contributed by atoms with Crippen LogP contribution in [0.25, 0.3) is 0 Å². The van der Waals surface area contributed by atoms with Gasteiger partial charge in [0.05, 0.1) is 5.75 Å². The molecule has 96 valence electrons. The molecule has 0 unspecified atom stereocenters. The van der Waals surface area contributed by atoms with Gasteiger partial charge in [-0.05, 0) is 17.7 Å². The second-order valence-corrected chi connectivity index (χ2v) is 7.36. The largest absolute Gasteiger partial charge is 0.227 e. The highest BCUT2D eigenvalue weighted by molar-refractivity contribution is 7.99. The summed E-state index contributed by atoms with van der Waals surface area (Å²) < 4.78 is 23.7. The van der Waals surface area contributed by atoms with Crippen LogP contribution in [0.15, 0.2) is 16.2 Å². The quantitative estimate of drug-likeness (QED) is 0.469. The van der Waals surface area contributed by atoms with E-state index in [9.17, 15) is 8.42 Å². The summed E-state index contributed by atoms with van der Waals surface area (Å²) in [6.07, 6.45) is 0. The molecular weight excluding hydrogens is 256 g/mol. The molecule has 0 radical (unpaired) electrons. The average molecular weight is 274 g/mol. The summed E-state index contributed by atoms with van der Waals surface area (Å²) >= 11 is 1.46. The molecule has 0 saturated carbocycles. The highest BCUT2D eigenvalue weighted by Crippen LogP contribution is 2.21. The minimum atomic E-state index is -3.26. The summed E-state index contributed by atoms with van der Waals surface area (Å²) in [5.74, 6) is 1.09. The van der Waals surface area contributed by atoms with Gasteiger partial charge < -0.3 is 0 Å². The molecule has 0 fully saturated rings. The van der Waals surface area contributed by atoms with Crippen LogP contribution in [0.3, 0.4) is 0 Å². The fourth-order valence-electron chi connectivity index (χ4n) is 1.22. The lowest BCUT2D eigenvalue weighted by atomic mass is 10.1. The van der Waals surface area contributed by atoms with Gasteiger partial charge in [0.1, 0.15) is 0 Å². The Morgan fingerprint density at radius 1 is 1.29 bits per heavy atom. The van der Waals surface area contributed by atoms with Crippen molar-refractivity contribution in [3.8, 4) is 0 Å². The van der Waals surface area contributed by atoms with Gasteiger partial charge in [-0.1, -0.05) is 39.5 Å². The number of sulfone groups is 1. The minimum absolute atomic E-state index is 0.0672. The molecule has 0 bridgehead atoms. The smallest absolute Gasteiger partial charge is 0.195 e. The summed E-state index contributed by atoms with van der Waals surface area (Å²) in [6.45, 7) is 7.60. The number of hydrogen-bond donors (Lipinski definition) is 0. The molecular formula is C11H18N2O2S2. The average Bonchev–Trinajstić information content (AvgIpc) is 2.29. The topological polar surface area (TPSA) is 59.9 Å². The van der Waals surface area contributed by atoms with Gasteiger partial charge in [-0.25, -0.2) is 18.4 Å². The van der Waals surface area contributed by atoms with Crippen molar-refractivity contribution in [3.63, 3.8) is 0 Å². The maximum absolute atomic E-state index is 11.8. The molecule has 1 aromatic heterocycles. The molecule has 0 aliphatic carbocycles. The minimum Gasteiger partial charge on any atom is -0.227 e. The Balaban J connectivity index is 3.31. The molecule has 0 aliphatic heterocycles. The zero-order valence-electron chi connectivity index (χ0n) is 10.6. The predicted molar refractivity (Wildman–Crippen MR) is 70.2 cm³/mol. The van der Waals surface area contributed by atoms with Crippen LogP contribution < -0.4 is 0 Å². The molecule has 4 nitrogen and oxygen atoms in total. The molecule has 0 amide bonds. The first-order valence-corrected chi connectivity index (χ1v) is 8.29. The second kappa shape index (κ2) is 5.82. The van der Waals surface area contributed by atoms with Crippen LogP contribution in [0.5, 0.6) is 0 Å². The van der Waals surface area contributed by atoms with Crippen molar-refractivity contribution in [3.05, 3.63) is 11.8 Å². The molecule has 17 heavy (non-hydrogen) atoms. The van der Waals surface area contributed by atoms with Crippen LogP contribution in [0.1, 0.15) is 39.3 Å². The molecule has 0 aliphatic rings. The van der Waals surface area contributed by atoms with Crippen molar-refractivity contribution in [1.82, 2.24) is 9.97 Å². The summed E-state index contributed by atoms with van der Waals surface area (Å²) in [7, 11) is -3.26. The van der Waals surface area contributed by atoms with Crippen molar-refractivity contribution >= 4 is 21.6 Å². The van der Waals surface area contributed by atoms with Crippen molar-refractivity contribution in [2.24, 2.45) is 0 Å². The van der Waals surface area contributed by atoms with Crippen molar-refractivity contribution in [1.29, 1.82) is 0 Å². The molecule has 0 spiro atoms. The molecule has 0 atom stereocenters. The van der Waals surface area contributed by atoms with Gasteiger partial charge >= 0.3 is 0 Å². The van der Waals surface area contributed by atoms with Crippen LogP contribution in [0.4, 0.5) is 0 Å². The van der Waals surface area contributed by atoms with Gasteiger partial charge in [-0.15, -0.1) is 0 Å². The normalized spacial score (nSPS) is 12.1. The van der Waals surface area contributed by atoms with Gasteiger partial charge in [-0.3, -0.25) is 0 Å². The van der Waals surface area contributed by atoms with Gasteiger partial charge in [0.25, 0.3) is 0 Å². The van der Waals surface area contributed by atoms with E-state index in [-0.39, 0.29) is 16.7 Å². The Labute approximate surface area is 107 Å². The molecule has 1 rings (SSSR count). The van der Waals surface area contributed by atoms with Crippen LogP contribution >= 0.6 is 11.8 Å². The number of nitrogens with zero attached hydrogens (tertiary/aromatic N) is 2. The summed E-state index contributed by atoms with van der Waals surface area (Å²) in [5, 5.41) is 0.695. The third kappa shape index (κ3) is 3.67. The van der Waals surface area contributed by atoms with E-state index < -0.39 is 9.84 Å². The Bertz CT molecular complexity index is 484. The third-order valence-corrected chi connectivity index (χ3v) is 4.60. The van der Waals surface area contributed by atoms with Crippen molar-refractivity contribution < 1.29 is 8.42 Å². The fourth-order valence-corrected chi connectivity index (χ4v) is 2.69. The molecule has 0 aromatic carbocycles. The van der Waals surface area contributed by atoms with Crippen LogP contribution in [0, 0.1) is 0 Å². The first-order valence-electron chi connectivity index (χ1n) is 5.65. The van der Waals surface area contributed by atoms with E-state index >= 15 is 0 Å². The summed E-state index contributed by atoms with van der Waals surface area (Å²) in [4.78, 5) is 8.47. The number of aromatic nitrogens is 2. The zero-order valence-corrected chi connectivity index (χ0v) is 12.2. The Kier molecular flexibility index (Phi) is 4.94. The highest BCUT2D eigenvalue weighted by atomic mass is 32.2. The molecule has 0 N–H and O–H groups in total. The second-order valence-electron chi connectivity index (χ2n) is 3.90. The van der Waals surface area contributed by atoms with E-state index in [2.05, 4.69) is 9.97 Å². The third-order valence-electron chi connectivity index (χ3n) is 2.27. The van der Waals surface area contributed by atoms with E-state index in [0.29, 0.717) is 5.16 Å². The van der Waals surface area contributed by atoms with Gasteiger partial charge in [0, 0.05) is 5.69 Å². The monoisotopic (exact) mass is 274 g/mol. The Morgan fingerprint density at radius 3 is 2.41 bits per heavy atom. The lowest BCUT2D eigenvalue weighted by Gasteiger charge is -2.09. The van der Waals surface area contributed by atoms with Gasteiger partial charge in [0.15, 0.2) is 20.0 Å². The first-order chi connectivity index (χ1) is 7.90. The standard InChI is InChI=1S/C11H18N2O2S2/c1-5-16-11-12-9(8(3)4)7-10(13-11)17(14,15)6-2/h7-8H,5-6H2,1-4H3. The van der Waals surface area contributed by atoms with Crippen LogP contribution in [0.2, 0.25) is 0 Å². The fraction of sp³-hybridized carbons (Fsp3) is 0.636. The van der Waals surface area contributed by atoms with Crippen LogP contribution in [-0.2, 0) is 9.84 Å². The maximum atomic E-state index is 11.8. The first kappa shape index (κ1) is 14.4. The van der Waals surface area contributed by atoms with Gasteiger partial charge in [0.2, 0.25) is 0 Å². The summed E-state index contributed by atoms with van der Waals surface area (Å²) in [5.41, 5.74) is 0.781. The highest BCUT2D eigenvalue weighted by Gasteiger charge is 2.17. The Morgan fingerprint density at radius 2 is 1.94 bits per heavy atom. The van der Waals surface area contributed by atoms with Crippen molar-refractivity contribution in [2.75, 3.05) is 11.5 Å². The Hall–Kier alpha value is -0.620. The van der Waals surface area contributed by atoms with E-state index in [1.165, 1.54) is 11.8 Å². The number of hydrogen-bond acceptors (Lipinski definition) is 5. The van der Waals surface area contributed by atoms with E-state index in [1.54, 1.807) is 13.0 Å². The van der Waals surface area contributed by atoms with E-state index in [1.807, 2.05) is 20.8 Å².